The second-order valence-corrected chi connectivity index (χ2v) is 8.59. The van der Waals surface area contributed by atoms with Crippen LogP contribution in [0.5, 0.6) is 0 Å². The van der Waals surface area contributed by atoms with E-state index in [2.05, 4.69) is 25.9 Å². The summed E-state index contributed by atoms with van der Waals surface area (Å²) in [6, 6.07) is 4.43. The molecular formula is C24H34N6O6. The number of carbonyl (C=O) groups excluding carboxylic acids is 3. The van der Waals surface area contributed by atoms with Crippen molar-refractivity contribution in [1.82, 2.24) is 25.9 Å². The Morgan fingerprint density at radius 2 is 1.67 bits per heavy atom. The van der Waals surface area contributed by atoms with E-state index in [1.54, 1.807) is 6.92 Å². The molecule has 196 valence electrons. The summed E-state index contributed by atoms with van der Waals surface area (Å²) in [7, 11) is 0. The number of hydrogen-bond donors (Lipinski definition) is 7. The number of carbonyl (C=O) groups is 4. The molecule has 0 aliphatic carbocycles. The minimum Gasteiger partial charge on any atom is -0.480 e. The van der Waals surface area contributed by atoms with Crippen LogP contribution in [0.15, 0.2) is 42.9 Å². The third-order valence-electron chi connectivity index (χ3n) is 5.84. The molecule has 0 saturated carbocycles. The maximum Gasteiger partial charge on any atom is 0.326 e. The average Bonchev–Trinajstić information content (AvgIpc) is 3.38. The van der Waals surface area contributed by atoms with Crippen molar-refractivity contribution in [3.05, 3.63) is 54.1 Å². The molecular weight excluding hydrogens is 468 g/mol. The van der Waals surface area contributed by atoms with Crippen LogP contribution in [0.2, 0.25) is 0 Å². The monoisotopic (exact) mass is 502 g/mol. The number of aliphatic hydroxyl groups is 1. The Balaban J connectivity index is 2.04. The van der Waals surface area contributed by atoms with E-state index >= 15 is 0 Å². The second kappa shape index (κ2) is 14.0. The Labute approximate surface area is 209 Å². The number of hydrogen-bond acceptors (Lipinski definition) is 7. The van der Waals surface area contributed by atoms with Crippen molar-refractivity contribution >= 4 is 23.7 Å². The number of carboxylic acids is 1. The molecule has 0 bridgehead atoms. The van der Waals surface area contributed by atoms with E-state index in [0.717, 1.165) is 5.56 Å². The van der Waals surface area contributed by atoms with Gasteiger partial charge in [-0.05, 0) is 17.9 Å². The second-order valence-electron chi connectivity index (χ2n) is 8.59. The molecule has 0 spiro atoms. The van der Waals surface area contributed by atoms with Crippen LogP contribution < -0.4 is 21.7 Å². The molecule has 8 N–H and O–H groups in total. The zero-order chi connectivity index (χ0) is 26.7. The third-order valence-corrected chi connectivity index (χ3v) is 5.84. The highest BCUT2D eigenvalue weighted by atomic mass is 16.4. The average molecular weight is 503 g/mol. The quantitative estimate of drug-likeness (QED) is 0.172. The highest BCUT2D eigenvalue weighted by Gasteiger charge is 2.32. The summed E-state index contributed by atoms with van der Waals surface area (Å²) in [6.07, 6.45) is 3.54. The van der Waals surface area contributed by atoms with E-state index in [-0.39, 0.29) is 18.8 Å². The van der Waals surface area contributed by atoms with Crippen LogP contribution in [0.1, 0.15) is 31.5 Å². The molecule has 2 aromatic rings. The lowest BCUT2D eigenvalue weighted by atomic mass is 9.97. The minimum absolute atomic E-state index is 0.0309. The zero-order valence-corrected chi connectivity index (χ0v) is 20.3. The lowest BCUT2D eigenvalue weighted by Gasteiger charge is -2.27. The first kappa shape index (κ1) is 28.5. The Bertz CT molecular complexity index is 1000. The topological polar surface area (TPSA) is 200 Å². The summed E-state index contributed by atoms with van der Waals surface area (Å²) in [6.45, 7) is 2.81. The lowest BCUT2D eigenvalue weighted by Crippen LogP contribution is -2.59. The number of aliphatic carboxylic acids is 1. The number of rotatable bonds is 14. The van der Waals surface area contributed by atoms with E-state index < -0.39 is 54.5 Å². The normalized spacial score (nSPS) is 15.1. The van der Waals surface area contributed by atoms with Crippen molar-refractivity contribution in [1.29, 1.82) is 0 Å². The molecule has 12 nitrogen and oxygen atoms in total. The van der Waals surface area contributed by atoms with Gasteiger partial charge in [0.1, 0.15) is 18.1 Å². The minimum atomic E-state index is -1.35. The molecule has 1 aromatic carbocycles. The predicted molar refractivity (Wildman–Crippen MR) is 130 cm³/mol. The van der Waals surface area contributed by atoms with E-state index in [0.29, 0.717) is 12.1 Å². The molecule has 0 aliphatic rings. The summed E-state index contributed by atoms with van der Waals surface area (Å²) < 4.78 is 0. The molecule has 5 atom stereocenters. The lowest BCUT2D eigenvalue weighted by molar-refractivity contribution is -0.142. The molecule has 36 heavy (non-hydrogen) atoms. The standard InChI is InChI=1S/C24H34N6O6/c1-3-14(2)20(23(34)28-18(24(35)36)10-16-11-26-13-27-16)30-22(33)19(12-31)29-21(32)17(25)9-15-7-5-4-6-8-15/h4-8,11,13-14,17-20,31H,3,9-10,12,25H2,1-2H3,(H,26,27)(H,28,34)(H,29,32)(H,30,33)(H,35,36). The largest absolute Gasteiger partial charge is 0.480 e. The van der Waals surface area contributed by atoms with Gasteiger partial charge in [-0.3, -0.25) is 14.4 Å². The summed E-state index contributed by atoms with van der Waals surface area (Å²) in [4.78, 5) is 56.7. The number of benzene rings is 1. The SMILES string of the molecule is CCC(C)C(NC(=O)C(CO)NC(=O)C(N)Cc1ccccc1)C(=O)NC(Cc1cnc[nH]1)C(=O)O. The van der Waals surface area contributed by atoms with Gasteiger partial charge in [0.15, 0.2) is 0 Å². The Kier molecular flexibility index (Phi) is 11.0. The fourth-order valence-corrected chi connectivity index (χ4v) is 3.47. The molecule has 1 heterocycles. The van der Waals surface area contributed by atoms with Crippen molar-refractivity contribution in [3.8, 4) is 0 Å². The number of imidazole rings is 1. The molecule has 1 aromatic heterocycles. The zero-order valence-electron chi connectivity index (χ0n) is 20.3. The van der Waals surface area contributed by atoms with Gasteiger partial charge in [-0.2, -0.15) is 0 Å². The summed E-state index contributed by atoms with van der Waals surface area (Å²) >= 11 is 0. The smallest absolute Gasteiger partial charge is 0.326 e. The van der Waals surface area contributed by atoms with E-state index in [4.69, 9.17) is 5.73 Å². The summed E-state index contributed by atoms with van der Waals surface area (Å²) in [5.74, 6) is -3.75. The maximum absolute atomic E-state index is 13.0. The van der Waals surface area contributed by atoms with E-state index in [9.17, 15) is 29.4 Å². The maximum atomic E-state index is 13.0. The fraction of sp³-hybridized carbons (Fsp3) is 0.458. The summed E-state index contributed by atoms with van der Waals surface area (Å²) in [5.41, 5.74) is 7.31. The van der Waals surface area contributed by atoms with Crippen LogP contribution in [-0.2, 0) is 32.0 Å². The van der Waals surface area contributed by atoms with Gasteiger partial charge < -0.3 is 36.9 Å². The molecule has 0 radical (unpaired) electrons. The van der Waals surface area contributed by atoms with Gasteiger partial charge in [0.05, 0.1) is 19.0 Å². The third kappa shape index (κ3) is 8.47. The molecule has 0 fully saturated rings. The van der Waals surface area contributed by atoms with Gasteiger partial charge in [0, 0.05) is 18.3 Å². The number of aliphatic hydroxyl groups excluding tert-OH is 1. The fourth-order valence-electron chi connectivity index (χ4n) is 3.47. The number of nitrogens with one attached hydrogen (secondary N) is 4. The van der Waals surface area contributed by atoms with Gasteiger partial charge >= 0.3 is 5.97 Å². The van der Waals surface area contributed by atoms with Crippen LogP contribution in [0.3, 0.4) is 0 Å². The number of H-pyrrole nitrogens is 1. The predicted octanol–water partition coefficient (Wildman–Crippen LogP) is -0.900. The van der Waals surface area contributed by atoms with Crippen LogP contribution in [-0.4, -0.2) is 74.6 Å². The highest BCUT2D eigenvalue weighted by molar-refractivity contribution is 5.94. The Morgan fingerprint density at radius 3 is 2.22 bits per heavy atom. The van der Waals surface area contributed by atoms with Crippen LogP contribution in [0, 0.1) is 5.92 Å². The molecule has 12 heteroatoms. The molecule has 0 aliphatic heterocycles. The number of aromatic nitrogens is 2. The van der Waals surface area contributed by atoms with Crippen molar-refractivity contribution in [3.63, 3.8) is 0 Å². The number of amides is 3. The van der Waals surface area contributed by atoms with Gasteiger partial charge in [-0.25, -0.2) is 9.78 Å². The molecule has 3 amide bonds. The highest BCUT2D eigenvalue weighted by Crippen LogP contribution is 2.10. The Morgan fingerprint density at radius 1 is 1.00 bits per heavy atom. The van der Waals surface area contributed by atoms with Crippen LogP contribution in [0.25, 0.3) is 0 Å². The van der Waals surface area contributed by atoms with Gasteiger partial charge in [-0.1, -0.05) is 50.6 Å². The Hall–Kier alpha value is -3.77. The van der Waals surface area contributed by atoms with Crippen molar-refractivity contribution in [2.75, 3.05) is 6.61 Å². The number of nitrogens with two attached hydrogens (primary N) is 1. The van der Waals surface area contributed by atoms with Gasteiger partial charge in [-0.15, -0.1) is 0 Å². The summed E-state index contributed by atoms with van der Waals surface area (Å²) in [5, 5.41) is 26.7. The number of carboxylic acid groups (broad SMARTS) is 1. The van der Waals surface area contributed by atoms with Crippen molar-refractivity contribution < 1.29 is 29.4 Å². The van der Waals surface area contributed by atoms with Crippen LogP contribution >= 0.6 is 0 Å². The first-order valence-electron chi connectivity index (χ1n) is 11.7. The van der Waals surface area contributed by atoms with Gasteiger partial charge in [0.25, 0.3) is 0 Å². The van der Waals surface area contributed by atoms with Gasteiger partial charge in [0.2, 0.25) is 17.7 Å². The van der Waals surface area contributed by atoms with Crippen molar-refractivity contribution in [2.45, 2.75) is 57.3 Å². The molecule has 0 saturated heterocycles. The van der Waals surface area contributed by atoms with Crippen LogP contribution in [0.4, 0.5) is 0 Å². The van der Waals surface area contributed by atoms with E-state index in [1.807, 2.05) is 37.3 Å². The van der Waals surface area contributed by atoms with E-state index in [1.165, 1.54) is 12.5 Å². The first-order chi connectivity index (χ1) is 17.2. The first-order valence-corrected chi connectivity index (χ1v) is 11.7. The number of nitrogens with zero attached hydrogens (tertiary/aromatic N) is 1. The molecule has 2 rings (SSSR count). The number of aromatic amines is 1. The molecule has 5 unspecified atom stereocenters. The van der Waals surface area contributed by atoms with Crippen molar-refractivity contribution in [2.24, 2.45) is 11.7 Å².